The number of hydrogen-bond donors (Lipinski definition) is 1. The smallest absolute Gasteiger partial charge is 0.305 e. The summed E-state index contributed by atoms with van der Waals surface area (Å²) in [5.74, 6) is 2.15. The highest BCUT2D eigenvalue weighted by molar-refractivity contribution is 5.69. The Labute approximate surface area is 79.1 Å². The van der Waals surface area contributed by atoms with Gasteiger partial charge in [0.1, 0.15) is 0 Å². The van der Waals surface area contributed by atoms with E-state index in [1.807, 2.05) is 0 Å². The third-order valence-electron chi connectivity index (χ3n) is 1.58. The molecule has 1 atom stereocenters. The number of aliphatic hydroxyl groups excluding tert-OH is 1. The Kier molecular flexibility index (Phi) is 7.04. The van der Waals surface area contributed by atoms with E-state index in [2.05, 4.69) is 5.92 Å². The van der Waals surface area contributed by atoms with Crippen molar-refractivity contribution in [1.82, 2.24) is 0 Å². The van der Waals surface area contributed by atoms with E-state index < -0.39 is 6.10 Å². The molecule has 3 nitrogen and oxygen atoms in total. The van der Waals surface area contributed by atoms with E-state index in [1.54, 1.807) is 6.92 Å². The van der Waals surface area contributed by atoms with Gasteiger partial charge < -0.3 is 9.84 Å². The zero-order valence-corrected chi connectivity index (χ0v) is 7.95. The molecule has 0 unspecified atom stereocenters. The van der Waals surface area contributed by atoms with Gasteiger partial charge in [-0.3, -0.25) is 4.79 Å². The second kappa shape index (κ2) is 7.63. The van der Waals surface area contributed by atoms with Crippen molar-refractivity contribution in [2.75, 3.05) is 6.61 Å². The maximum Gasteiger partial charge on any atom is 0.305 e. The summed E-state index contributed by atoms with van der Waals surface area (Å²) in [6.07, 6.45) is 6.41. The Hall–Kier alpha value is -1.01. The van der Waals surface area contributed by atoms with Crippen LogP contribution in [0.4, 0.5) is 0 Å². The van der Waals surface area contributed by atoms with Crippen molar-refractivity contribution in [3.63, 3.8) is 0 Å². The normalized spacial score (nSPS) is 11.8. The van der Waals surface area contributed by atoms with E-state index in [0.29, 0.717) is 32.3 Å². The molecule has 0 amide bonds. The molecule has 0 aromatic heterocycles. The van der Waals surface area contributed by atoms with Crippen molar-refractivity contribution in [3.05, 3.63) is 0 Å². The van der Waals surface area contributed by atoms with Gasteiger partial charge in [-0.1, -0.05) is 0 Å². The summed E-state index contributed by atoms with van der Waals surface area (Å²) in [5, 5.41) is 9.20. The topological polar surface area (TPSA) is 46.5 Å². The van der Waals surface area contributed by atoms with Gasteiger partial charge in [0.15, 0.2) is 0 Å². The van der Waals surface area contributed by atoms with Crippen LogP contribution in [0.2, 0.25) is 0 Å². The average molecular weight is 184 g/mol. The predicted octanol–water partition coefficient (Wildman–Crippen LogP) is 1.10. The molecular weight excluding hydrogens is 168 g/mol. The lowest BCUT2D eigenvalue weighted by Gasteiger charge is -2.05. The number of hydrogen-bond acceptors (Lipinski definition) is 3. The van der Waals surface area contributed by atoms with Crippen LogP contribution in [0.1, 0.15) is 32.6 Å². The van der Waals surface area contributed by atoms with Crippen LogP contribution in [0.3, 0.4) is 0 Å². The summed E-state index contributed by atoms with van der Waals surface area (Å²) in [7, 11) is 0. The van der Waals surface area contributed by atoms with Crippen molar-refractivity contribution >= 4 is 5.97 Å². The molecule has 0 aliphatic heterocycles. The van der Waals surface area contributed by atoms with Crippen LogP contribution in [0, 0.1) is 12.3 Å². The highest BCUT2D eigenvalue weighted by atomic mass is 16.5. The zero-order valence-electron chi connectivity index (χ0n) is 7.95. The quantitative estimate of drug-likeness (QED) is 0.496. The Bertz CT molecular complexity index is 181. The van der Waals surface area contributed by atoms with Gasteiger partial charge in [-0.15, -0.1) is 12.3 Å². The molecule has 0 radical (unpaired) electrons. The summed E-state index contributed by atoms with van der Waals surface area (Å²) in [6.45, 7) is 2.18. The first-order chi connectivity index (χ1) is 6.20. The first kappa shape index (κ1) is 12.0. The van der Waals surface area contributed by atoms with Gasteiger partial charge in [0, 0.05) is 12.8 Å². The molecule has 0 heterocycles. The van der Waals surface area contributed by atoms with Crippen LogP contribution in [-0.4, -0.2) is 23.8 Å². The van der Waals surface area contributed by atoms with Gasteiger partial charge in [-0.25, -0.2) is 0 Å². The molecule has 3 heteroatoms. The molecule has 0 saturated carbocycles. The Morgan fingerprint density at radius 3 is 2.92 bits per heavy atom. The molecule has 0 bridgehead atoms. The van der Waals surface area contributed by atoms with E-state index >= 15 is 0 Å². The minimum atomic E-state index is -0.487. The molecule has 1 N–H and O–H groups in total. The number of aliphatic hydroxyl groups is 1. The van der Waals surface area contributed by atoms with Gasteiger partial charge >= 0.3 is 5.97 Å². The van der Waals surface area contributed by atoms with Crippen LogP contribution in [0.15, 0.2) is 0 Å². The van der Waals surface area contributed by atoms with Gasteiger partial charge in [-0.05, 0) is 19.8 Å². The lowest BCUT2D eigenvalue weighted by atomic mass is 10.1. The van der Waals surface area contributed by atoms with Crippen LogP contribution in [-0.2, 0) is 9.53 Å². The molecule has 13 heavy (non-hydrogen) atoms. The fourth-order valence-electron chi connectivity index (χ4n) is 0.953. The third kappa shape index (κ3) is 7.35. The summed E-state index contributed by atoms with van der Waals surface area (Å²) in [4.78, 5) is 10.8. The number of ether oxygens (including phenoxy) is 1. The molecule has 0 aromatic carbocycles. The van der Waals surface area contributed by atoms with Gasteiger partial charge in [0.2, 0.25) is 0 Å². The van der Waals surface area contributed by atoms with Crippen LogP contribution < -0.4 is 0 Å². The molecule has 0 aliphatic rings. The first-order valence-corrected chi connectivity index (χ1v) is 4.47. The standard InChI is InChI=1S/C10H16O3/c1-3-6-9(11)7-5-8-10(12)13-4-2/h1,9,11H,4-8H2,2H3/t9-/m0/s1. The first-order valence-electron chi connectivity index (χ1n) is 4.47. The predicted molar refractivity (Wildman–Crippen MR) is 49.9 cm³/mol. The van der Waals surface area contributed by atoms with Crippen molar-refractivity contribution in [2.24, 2.45) is 0 Å². The van der Waals surface area contributed by atoms with Gasteiger partial charge in [0.25, 0.3) is 0 Å². The second-order valence-electron chi connectivity index (χ2n) is 2.76. The molecule has 0 rings (SSSR count). The van der Waals surface area contributed by atoms with Gasteiger partial charge in [-0.2, -0.15) is 0 Å². The number of rotatable bonds is 6. The Morgan fingerprint density at radius 1 is 1.69 bits per heavy atom. The van der Waals surface area contributed by atoms with E-state index in [1.165, 1.54) is 0 Å². The zero-order chi connectivity index (χ0) is 10.1. The van der Waals surface area contributed by atoms with Gasteiger partial charge in [0.05, 0.1) is 12.7 Å². The number of carbonyl (C=O) groups excluding carboxylic acids is 1. The van der Waals surface area contributed by atoms with E-state index in [4.69, 9.17) is 11.2 Å². The van der Waals surface area contributed by atoms with E-state index in [9.17, 15) is 9.90 Å². The van der Waals surface area contributed by atoms with E-state index in [-0.39, 0.29) is 5.97 Å². The Balaban J connectivity index is 3.34. The number of carbonyl (C=O) groups is 1. The summed E-state index contributed by atoms with van der Waals surface area (Å²) in [5.41, 5.74) is 0. The highest BCUT2D eigenvalue weighted by Gasteiger charge is 2.05. The molecule has 0 aliphatic carbocycles. The lowest BCUT2D eigenvalue weighted by Crippen LogP contribution is -2.08. The Morgan fingerprint density at radius 2 is 2.38 bits per heavy atom. The largest absolute Gasteiger partial charge is 0.466 e. The minimum Gasteiger partial charge on any atom is -0.466 e. The van der Waals surface area contributed by atoms with Crippen molar-refractivity contribution < 1.29 is 14.6 Å². The fourth-order valence-corrected chi connectivity index (χ4v) is 0.953. The van der Waals surface area contributed by atoms with Crippen molar-refractivity contribution in [3.8, 4) is 12.3 Å². The third-order valence-corrected chi connectivity index (χ3v) is 1.58. The fraction of sp³-hybridized carbons (Fsp3) is 0.700. The average Bonchev–Trinajstić information content (AvgIpc) is 2.05. The van der Waals surface area contributed by atoms with E-state index in [0.717, 1.165) is 0 Å². The van der Waals surface area contributed by atoms with Crippen LogP contribution in [0.5, 0.6) is 0 Å². The SMILES string of the molecule is C#CC[C@H](O)CCCC(=O)OCC. The number of esters is 1. The minimum absolute atomic E-state index is 0.213. The molecule has 0 spiro atoms. The molecule has 74 valence electrons. The van der Waals surface area contributed by atoms with Crippen LogP contribution >= 0.6 is 0 Å². The molecule has 0 fully saturated rings. The molecular formula is C10H16O3. The summed E-state index contributed by atoms with van der Waals surface area (Å²) >= 11 is 0. The van der Waals surface area contributed by atoms with Crippen molar-refractivity contribution in [2.45, 2.75) is 38.7 Å². The maximum atomic E-state index is 10.8. The number of terminal acetylenes is 1. The van der Waals surface area contributed by atoms with Crippen LogP contribution in [0.25, 0.3) is 0 Å². The lowest BCUT2D eigenvalue weighted by molar-refractivity contribution is -0.143. The maximum absolute atomic E-state index is 10.8. The second-order valence-corrected chi connectivity index (χ2v) is 2.76. The van der Waals surface area contributed by atoms with Crippen molar-refractivity contribution in [1.29, 1.82) is 0 Å². The molecule has 0 saturated heterocycles. The molecule has 0 aromatic rings. The summed E-state index contributed by atoms with van der Waals surface area (Å²) < 4.78 is 4.72. The monoisotopic (exact) mass is 184 g/mol. The summed E-state index contributed by atoms with van der Waals surface area (Å²) in [6, 6.07) is 0. The highest BCUT2D eigenvalue weighted by Crippen LogP contribution is 2.04.